The number of aliphatic carboxylic acids is 1. The van der Waals surface area contributed by atoms with Crippen molar-refractivity contribution in [3.63, 3.8) is 0 Å². The minimum Gasteiger partial charge on any atom is -0.496 e. The first kappa shape index (κ1) is 24.2. The monoisotopic (exact) mass is 483 g/mol. The van der Waals surface area contributed by atoms with Gasteiger partial charge in [-0.25, -0.2) is 9.18 Å². The number of fused-ring (bicyclic) bond motifs is 1. The second kappa shape index (κ2) is 10.1. The van der Waals surface area contributed by atoms with E-state index in [0.717, 1.165) is 11.4 Å². The van der Waals surface area contributed by atoms with E-state index in [1.165, 1.54) is 18.2 Å². The summed E-state index contributed by atoms with van der Waals surface area (Å²) in [5, 5.41) is 14.8. The number of hydrogen-bond acceptors (Lipinski definition) is 7. The Kier molecular flexibility index (Phi) is 7.02. The molecule has 2 aromatic carbocycles. The van der Waals surface area contributed by atoms with Crippen LogP contribution in [0.2, 0.25) is 0 Å². The average Bonchev–Trinajstić information content (AvgIpc) is 3.14. The molecule has 4 rings (SSSR count). The number of carbonyl (C=O) groups excluding carboxylic acids is 1. The zero-order valence-corrected chi connectivity index (χ0v) is 19.7. The van der Waals surface area contributed by atoms with Gasteiger partial charge in [0.1, 0.15) is 18.2 Å². The number of rotatable bonds is 7. The summed E-state index contributed by atoms with van der Waals surface area (Å²) >= 11 is 0. The second-order valence-electron chi connectivity index (χ2n) is 8.30. The van der Waals surface area contributed by atoms with Gasteiger partial charge in [-0.3, -0.25) is 9.48 Å². The van der Waals surface area contributed by atoms with Crippen molar-refractivity contribution in [2.75, 3.05) is 13.7 Å². The van der Waals surface area contributed by atoms with Gasteiger partial charge in [-0.1, -0.05) is 12.1 Å². The maximum Gasteiger partial charge on any atom is 0.528 e. The molecule has 1 aliphatic rings. The highest BCUT2D eigenvalue weighted by Crippen LogP contribution is 2.37. The number of nitrogens with zero attached hydrogens (tertiary/aromatic N) is 3. The molecule has 0 amide bonds. The molecule has 1 N–H and O–H groups in total. The van der Waals surface area contributed by atoms with Crippen LogP contribution in [0.15, 0.2) is 36.4 Å². The van der Waals surface area contributed by atoms with Crippen LogP contribution >= 0.6 is 0 Å². The third kappa shape index (κ3) is 5.43. The van der Waals surface area contributed by atoms with Crippen molar-refractivity contribution in [3.8, 4) is 16.9 Å². The topological polar surface area (TPSA) is 103 Å². The number of methoxy groups -OCH3 is 1. The molecule has 9 nitrogen and oxygen atoms in total. The van der Waals surface area contributed by atoms with E-state index < -0.39 is 12.1 Å². The van der Waals surface area contributed by atoms with Crippen LogP contribution in [0.5, 0.6) is 5.75 Å². The van der Waals surface area contributed by atoms with E-state index in [2.05, 4.69) is 5.10 Å². The van der Waals surface area contributed by atoms with Gasteiger partial charge in [0, 0.05) is 19.2 Å². The standard InChI is InChI=1S/C25H26FN3O6/c1-15-10-17(28(2)27-15)14-34-25(32)35-29-9-8-19-21(13-29)18(5-6-22(19)26)20-11-16(12-24(30)31)4-7-23(20)33-3/h4-7,10-11H,8-9,12-14H2,1-3H3,(H,30,31). The molecule has 0 fully saturated rings. The minimum absolute atomic E-state index is 0.00798. The van der Waals surface area contributed by atoms with Crippen LogP contribution in [0.25, 0.3) is 11.1 Å². The summed E-state index contributed by atoms with van der Waals surface area (Å²) in [5.74, 6) is -0.781. The van der Waals surface area contributed by atoms with Gasteiger partial charge in [0.25, 0.3) is 0 Å². The average molecular weight is 483 g/mol. The Hall–Kier alpha value is -3.92. The second-order valence-corrected chi connectivity index (χ2v) is 8.30. The van der Waals surface area contributed by atoms with Crippen LogP contribution in [0.1, 0.15) is 28.1 Å². The molecule has 184 valence electrons. The van der Waals surface area contributed by atoms with Crippen molar-refractivity contribution in [2.24, 2.45) is 7.05 Å². The van der Waals surface area contributed by atoms with Gasteiger partial charge in [0.05, 0.1) is 31.5 Å². The summed E-state index contributed by atoms with van der Waals surface area (Å²) in [6, 6.07) is 9.93. The van der Waals surface area contributed by atoms with Gasteiger partial charge in [-0.15, -0.1) is 5.06 Å². The zero-order valence-electron chi connectivity index (χ0n) is 19.7. The lowest BCUT2D eigenvalue weighted by Crippen LogP contribution is -2.34. The van der Waals surface area contributed by atoms with Crippen LogP contribution < -0.4 is 4.74 Å². The van der Waals surface area contributed by atoms with Crippen molar-refractivity contribution in [2.45, 2.75) is 32.9 Å². The SMILES string of the molecule is COc1ccc(CC(=O)O)cc1-c1ccc(F)c2c1CN(OC(=O)OCc1cc(C)nn1C)CC2. The van der Waals surface area contributed by atoms with Crippen LogP contribution in [0.3, 0.4) is 0 Å². The largest absolute Gasteiger partial charge is 0.528 e. The fraction of sp³-hybridized carbons (Fsp3) is 0.320. The molecule has 0 radical (unpaired) electrons. The molecule has 0 saturated heterocycles. The number of hydrogen-bond donors (Lipinski definition) is 1. The van der Waals surface area contributed by atoms with E-state index in [1.807, 2.05) is 13.0 Å². The van der Waals surface area contributed by atoms with Gasteiger partial charge in [-0.2, -0.15) is 5.10 Å². The van der Waals surface area contributed by atoms with Crippen LogP contribution in [0, 0.1) is 12.7 Å². The molecule has 1 aromatic heterocycles. The van der Waals surface area contributed by atoms with E-state index in [0.29, 0.717) is 46.5 Å². The zero-order chi connectivity index (χ0) is 25.1. The maximum absolute atomic E-state index is 14.7. The lowest BCUT2D eigenvalue weighted by atomic mass is 9.90. The summed E-state index contributed by atoms with van der Waals surface area (Å²) in [5.41, 5.74) is 4.59. The van der Waals surface area contributed by atoms with Crippen LogP contribution in [-0.4, -0.2) is 45.7 Å². The van der Waals surface area contributed by atoms with Gasteiger partial charge < -0.3 is 19.4 Å². The van der Waals surface area contributed by atoms with E-state index in [4.69, 9.17) is 14.3 Å². The quantitative estimate of drug-likeness (QED) is 0.507. The smallest absolute Gasteiger partial charge is 0.496 e. The number of halogens is 1. The molecular formula is C25H26FN3O6. The van der Waals surface area contributed by atoms with Gasteiger partial charge in [-0.05, 0) is 59.9 Å². The predicted molar refractivity (Wildman–Crippen MR) is 123 cm³/mol. The van der Waals surface area contributed by atoms with E-state index in [9.17, 15) is 19.1 Å². The van der Waals surface area contributed by atoms with Gasteiger partial charge in [0.15, 0.2) is 0 Å². The summed E-state index contributed by atoms with van der Waals surface area (Å²) in [4.78, 5) is 28.9. The summed E-state index contributed by atoms with van der Waals surface area (Å²) in [6.45, 7) is 2.28. The molecular weight excluding hydrogens is 457 g/mol. The van der Waals surface area contributed by atoms with Crippen molar-refractivity contribution in [1.29, 1.82) is 0 Å². The Labute approximate surface area is 201 Å². The number of carboxylic acid groups (broad SMARTS) is 1. The van der Waals surface area contributed by atoms with E-state index in [-0.39, 0.29) is 25.4 Å². The van der Waals surface area contributed by atoms with Crippen LogP contribution in [0.4, 0.5) is 9.18 Å². The maximum atomic E-state index is 14.7. The number of ether oxygens (including phenoxy) is 2. The fourth-order valence-electron chi connectivity index (χ4n) is 4.25. The molecule has 0 spiro atoms. The molecule has 2 heterocycles. The fourth-order valence-corrected chi connectivity index (χ4v) is 4.25. The number of benzene rings is 2. The number of hydroxylamine groups is 2. The van der Waals surface area contributed by atoms with Crippen molar-refractivity contribution in [3.05, 3.63) is 70.3 Å². The molecule has 35 heavy (non-hydrogen) atoms. The Balaban J connectivity index is 1.56. The molecule has 10 heteroatoms. The Morgan fingerprint density at radius 3 is 2.63 bits per heavy atom. The van der Waals surface area contributed by atoms with Crippen molar-refractivity contribution < 1.29 is 33.4 Å². The Morgan fingerprint density at radius 2 is 1.94 bits per heavy atom. The van der Waals surface area contributed by atoms with E-state index >= 15 is 0 Å². The Bertz CT molecular complexity index is 1270. The molecule has 0 saturated carbocycles. The first-order valence-electron chi connectivity index (χ1n) is 11.0. The summed E-state index contributed by atoms with van der Waals surface area (Å²) < 4.78 is 27.0. The molecule has 0 unspecified atom stereocenters. The highest BCUT2D eigenvalue weighted by Gasteiger charge is 2.27. The third-order valence-corrected chi connectivity index (χ3v) is 5.87. The lowest BCUT2D eigenvalue weighted by molar-refractivity contribution is -0.139. The predicted octanol–water partition coefficient (Wildman–Crippen LogP) is 3.80. The first-order chi connectivity index (χ1) is 16.7. The molecule has 0 atom stereocenters. The number of carboxylic acids is 1. The van der Waals surface area contributed by atoms with Crippen molar-refractivity contribution in [1.82, 2.24) is 14.8 Å². The number of aromatic nitrogens is 2. The normalized spacial score (nSPS) is 13.3. The number of carbonyl (C=O) groups is 2. The van der Waals surface area contributed by atoms with E-state index in [1.54, 1.807) is 36.0 Å². The van der Waals surface area contributed by atoms with Crippen LogP contribution in [-0.2, 0) is 47.4 Å². The number of aryl methyl sites for hydroxylation is 2. The minimum atomic E-state index is -0.957. The summed E-state index contributed by atoms with van der Waals surface area (Å²) in [7, 11) is 3.27. The highest BCUT2D eigenvalue weighted by molar-refractivity contribution is 5.77. The Morgan fingerprint density at radius 1 is 1.14 bits per heavy atom. The molecule has 0 aliphatic carbocycles. The highest BCUT2D eigenvalue weighted by atomic mass is 19.1. The molecule has 1 aliphatic heterocycles. The molecule has 0 bridgehead atoms. The first-order valence-corrected chi connectivity index (χ1v) is 11.0. The third-order valence-electron chi connectivity index (χ3n) is 5.87. The van der Waals surface area contributed by atoms with Gasteiger partial charge >= 0.3 is 12.1 Å². The molecule has 3 aromatic rings. The van der Waals surface area contributed by atoms with Crippen molar-refractivity contribution >= 4 is 12.1 Å². The lowest BCUT2D eigenvalue weighted by Gasteiger charge is -2.29. The summed E-state index contributed by atoms with van der Waals surface area (Å²) in [6.07, 6.45) is -0.705. The van der Waals surface area contributed by atoms with Gasteiger partial charge in [0.2, 0.25) is 0 Å².